The van der Waals surface area contributed by atoms with E-state index in [2.05, 4.69) is 26.1 Å². The fourth-order valence-corrected chi connectivity index (χ4v) is 1.51. The SMILES string of the molecule is CC.CCCC(CC)CC(C)NC. The maximum absolute atomic E-state index is 3.29. The molecule has 2 unspecified atom stereocenters. The van der Waals surface area contributed by atoms with Gasteiger partial charge in [-0.05, 0) is 26.3 Å². The molecule has 0 bridgehead atoms. The van der Waals surface area contributed by atoms with Crippen molar-refractivity contribution in [1.82, 2.24) is 5.32 Å². The maximum atomic E-state index is 3.29. The molecule has 0 saturated heterocycles. The van der Waals surface area contributed by atoms with Crippen LogP contribution in [0.15, 0.2) is 0 Å². The quantitative estimate of drug-likeness (QED) is 0.666. The lowest BCUT2D eigenvalue weighted by atomic mass is 9.94. The Balaban J connectivity index is 0. The van der Waals surface area contributed by atoms with E-state index in [4.69, 9.17) is 0 Å². The summed E-state index contributed by atoms with van der Waals surface area (Å²) in [6.07, 6.45) is 5.39. The highest BCUT2D eigenvalue weighted by molar-refractivity contribution is 4.64. The molecule has 0 aromatic carbocycles. The average molecular weight is 187 g/mol. The molecule has 0 aromatic rings. The van der Waals surface area contributed by atoms with Crippen LogP contribution in [-0.2, 0) is 0 Å². The third-order valence-electron chi connectivity index (χ3n) is 2.45. The van der Waals surface area contributed by atoms with Crippen LogP contribution < -0.4 is 5.32 Å². The van der Waals surface area contributed by atoms with Crippen molar-refractivity contribution in [2.75, 3.05) is 7.05 Å². The highest BCUT2D eigenvalue weighted by Gasteiger charge is 2.08. The molecule has 0 rings (SSSR count). The van der Waals surface area contributed by atoms with Gasteiger partial charge < -0.3 is 5.32 Å². The fraction of sp³-hybridized carbons (Fsp3) is 1.00. The average Bonchev–Trinajstić information content (AvgIpc) is 2.20. The summed E-state index contributed by atoms with van der Waals surface area (Å²) in [6.45, 7) is 10.8. The minimum atomic E-state index is 0.687. The van der Waals surface area contributed by atoms with Gasteiger partial charge in [-0.2, -0.15) is 0 Å². The molecule has 1 N–H and O–H groups in total. The molecule has 0 spiro atoms. The van der Waals surface area contributed by atoms with Crippen LogP contribution >= 0.6 is 0 Å². The molecule has 0 aromatic heterocycles. The van der Waals surface area contributed by atoms with Crippen LogP contribution in [0.3, 0.4) is 0 Å². The Labute approximate surface area is 85.3 Å². The van der Waals surface area contributed by atoms with Gasteiger partial charge in [0.15, 0.2) is 0 Å². The van der Waals surface area contributed by atoms with Crippen molar-refractivity contribution in [3.8, 4) is 0 Å². The van der Waals surface area contributed by atoms with Gasteiger partial charge in [0.2, 0.25) is 0 Å². The minimum Gasteiger partial charge on any atom is -0.317 e. The van der Waals surface area contributed by atoms with Gasteiger partial charge in [0.25, 0.3) is 0 Å². The second kappa shape index (κ2) is 12.0. The van der Waals surface area contributed by atoms with Crippen molar-refractivity contribution in [3.05, 3.63) is 0 Å². The van der Waals surface area contributed by atoms with Gasteiger partial charge in [0.1, 0.15) is 0 Å². The highest BCUT2D eigenvalue weighted by Crippen LogP contribution is 2.16. The summed E-state index contributed by atoms with van der Waals surface area (Å²) in [5, 5.41) is 3.29. The number of nitrogens with one attached hydrogen (secondary N) is 1. The standard InChI is InChI=1S/C10H23N.C2H6/c1-5-7-10(6-2)8-9(3)11-4;1-2/h9-11H,5-8H2,1-4H3;1-2H3. The fourth-order valence-electron chi connectivity index (χ4n) is 1.51. The van der Waals surface area contributed by atoms with Gasteiger partial charge in [-0.3, -0.25) is 0 Å². The zero-order chi connectivity index (χ0) is 10.7. The second-order valence-corrected chi connectivity index (χ2v) is 3.49. The first-order valence-corrected chi connectivity index (χ1v) is 5.91. The minimum absolute atomic E-state index is 0.687. The Morgan fingerprint density at radius 3 is 2.00 bits per heavy atom. The summed E-state index contributed by atoms with van der Waals surface area (Å²) in [5.74, 6) is 0.933. The molecule has 0 fully saturated rings. The summed E-state index contributed by atoms with van der Waals surface area (Å²) in [5.41, 5.74) is 0. The van der Waals surface area contributed by atoms with E-state index < -0.39 is 0 Å². The highest BCUT2D eigenvalue weighted by atomic mass is 14.8. The summed E-state index contributed by atoms with van der Waals surface area (Å²) in [4.78, 5) is 0. The first kappa shape index (κ1) is 15.4. The zero-order valence-electron chi connectivity index (χ0n) is 10.5. The van der Waals surface area contributed by atoms with Crippen LogP contribution in [0.4, 0.5) is 0 Å². The normalized spacial score (nSPS) is 14.3. The van der Waals surface area contributed by atoms with Gasteiger partial charge >= 0.3 is 0 Å². The van der Waals surface area contributed by atoms with Crippen molar-refractivity contribution in [1.29, 1.82) is 0 Å². The predicted octanol–water partition coefficient (Wildman–Crippen LogP) is 3.84. The molecule has 13 heavy (non-hydrogen) atoms. The zero-order valence-corrected chi connectivity index (χ0v) is 10.5. The van der Waals surface area contributed by atoms with Crippen LogP contribution in [0.2, 0.25) is 0 Å². The molecule has 2 atom stereocenters. The first-order valence-electron chi connectivity index (χ1n) is 5.91. The van der Waals surface area contributed by atoms with E-state index in [0.29, 0.717) is 6.04 Å². The first-order chi connectivity index (χ1) is 6.24. The van der Waals surface area contributed by atoms with Gasteiger partial charge in [0.05, 0.1) is 0 Å². The molecule has 0 radical (unpaired) electrons. The van der Waals surface area contributed by atoms with Gasteiger partial charge in [-0.25, -0.2) is 0 Å². The monoisotopic (exact) mass is 187 g/mol. The van der Waals surface area contributed by atoms with Gasteiger partial charge in [-0.1, -0.05) is 47.0 Å². The second-order valence-electron chi connectivity index (χ2n) is 3.49. The Hall–Kier alpha value is -0.0400. The number of hydrogen-bond acceptors (Lipinski definition) is 1. The van der Waals surface area contributed by atoms with Crippen LogP contribution in [0.1, 0.15) is 60.3 Å². The largest absolute Gasteiger partial charge is 0.317 e. The van der Waals surface area contributed by atoms with Crippen LogP contribution in [0.5, 0.6) is 0 Å². The molecule has 0 aliphatic carbocycles. The molecular formula is C12H29N. The maximum Gasteiger partial charge on any atom is 0.00383 e. The lowest BCUT2D eigenvalue weighted by Crippen LogP contribution is -2.24. The molecule has 0 aliphatic rings. The third kappa shape index (κ3) is 9.88. The molecular weight excluding hydrogens is 158 g/mol. The Kier molecular flexibility index (Phi) is 14.2. The van der Waals surface area contributed by atoms with Crippen molar-refractivity contribution >= 4 is 0 Å². The predicted molar refractivity (Wildman–Crippen MR) is 63.2 cm³/mol. The topological polar surface area (TPSA) is 12.0 Å². The van der Waals surface area contributed by atoms with Crippen LogP contribution in [0, 0.1) is 5.92 Å². The Morgan fingerprint density at radius 2 is 1.69 bits per heavy atom. The third-order valence-corrected chi connectivity index (χ3v) is 2.45. The Morgan fingerprint density at radius 1 is 1.15 bits per heavy atom. The van der Waals surface area contributed by atoms with E-state index in [9.17, 15) is 0 Å². The van der Waals surface area contributed by atoms with E-state index >= 15 is 0 Å². The summed E-state index contributed by atoms with van der Waals surface area (Å²) in [7, 11) is 2.04. The van der Waals surface area contributed by atoms with E-state index in [1.165, 1.54) is 25.7 Å². The molecule has 1 heteroatoms. The number of hydrogen-bond donors (Lipinski definition) is 1. The van der Waals surface area contributed by atoms with Crippen molar-refractivity contribution in [2.24, 2.45) is 5.92 Å². The molecule has 0 aliphatic heterocycles. The van der Waals surface area contributed by atoms with Crippen LogP contribution in [-0.4, -0.2) is 13.1 Å². The summed E-state index contributed by atoms with van der Waals surface area (Å²) in [6, 6.07) is 0.687. The number of rotatable bonds is 6. The lowest BCUT2D eigenvalue weighted by Gasteiger charge is -2.18. The molecule has 82 valence electrons. The van der Waals surface area contributed by atoms with E-state index in [0.717, 1.165) is 5.92 Å². The van der Waals surface area contributed by atoms with E-state index in [-0.39, 0.29) is 0 Å². The smallest absolute Gasteiger partial charge is 0.00383 e. The van der Waals surface area contributed by atoms with Crippen molar-refractivity contribution < 1.29 is 0 Å². The lowest BCUT2D eigenvalue weighted by molar-refractivity contribution is 0.379. The molecule has 0 heterocycles. The van der Waals surface area contributed by atoms with E-state index in [1.54, 1.807) is 0 Å². The van der Waals surface area contributed by atoms with Gasteiger partial charge in [0, 0.05) is 6.04 Å². The summed E-state index contributed by atoms with van der Waals surface area (Å²) >= 11 is 0. The molecule has 1 nitrogen and oxygen atoms in total. The van der Waals surface area contributed by atoms with Crippen molar-refractivity contribution in [3.63, 3.8) is 0 Å². The summed E-state index contributed by atoms with van der Waals surface area (Å²) < 4.78 is 0. The Bertz CT molecular complexity index is 81.2. The van der Waals surface area contributed by atoms with E-state index in [1.807, 2.05) is 20.9 Å². The van der Waals surface area contributed by atoms with Crippen LogP contribution in [0.25, 0.3) is 0 Å². The van der Waals surface area contributed by atoms with Crippen molar-refractivity contribution in [2.45, 2.75) is 66.3 Å². The van der Waals surface area contributed by atoms with Gasteiger partial charge in [-0.15, -0.1) is 0 Å². The molecule has 0 saturated carbocycles. The molecule has 0 amide bonds.